The second kappa shape index (κ2) is 8.63. The predicted molar refractivity (Wildman–Crippen MR) is 109 cm³/mol. The van der Waals surface area contributed by atoms with Gasteiger partial charge in [0.25, 0.3) is 5.91 Å². The number of hydrogen-bond donors (Lipinski definition) is 0. The topological polar surface area (TPSA) is 60.9 Å². The van der Waals surface area contributed by atoms with Crippen LogP contribution in [0.2, 0.25) is 5.02 Å². The Morgan fingerprint density at radius 1 is 1.06 bits per heavy atom. The first-order valence-corrected chi connectivity index (χ1v) is 10.3. The molecule has 1 atom stereocenters. The van der Waals surface area contributed by atoms with Crippen molar-refractivity contribution in [3.8, 4) is 0 Å². The van der Waals surface area contributed by atoms with E-state index in [0.717, 1.165) is 6.07 Å². The van der Waals surface area contributed by atoms with Crippen LogP contribution in [0.3, 0.4) is 0 Å². The Labute approximate surface area is 183 Å². The van der Waals surface area contributed by atoms with Crippen LogP contribution >= 0.6 is 11.6 Å². The Morgan fingerprint density at radius 2 is 1.87 bits per heavy atom. The van der Waals surface area contributed by atoms with Gasteiger partial charge in [-0.25, -0.2) is 8.78 Å². The van der Waals surface area contributed by atoms with E-state index in [-0.39, 0.29) is 61.5 Å². The van der Waals surface area contributed by atoms with Crippen molar-refractivity contribution < 1.29 is 23.2 Å². The van der Waals surface area contributed by atoms with Crippen molar-refractivity contribution in [2.24, 2.45) is 0 Å². The number of carbonyl (C=O) groups excluding carboxylic acids is 3. The fraction of sp³-hybridized carbons (Fsp3) is 0.318. The van der Waals surface area contributed by atoms with Gasteiger partial charge in [-0.3, -0.25) is 14.4 Å². The molecule has 2 heterocycles. The summed E-state index contributed by atoms with van der Waals surface area (Å²) in [6.07, 6.45) is 0.234. The van der Waals surface area contributed by atoms with Gasteiger partial charge >= 0.3 is 0 Å². The lowest BCUT2D eigenvalue weighted by atomic mass is 10.1. The molecule has 9 heteroatoms. The van der Waals surface area contributed by atoms with Crippen molar-refractivity contribution in [1.82, 2.24) is 14.7 Å². The van der Waals surface area contributed by atoms with Gasteiger partial charge in [-0.05, 0) is 42.3 Å². The van der Waals surface area contributed by atoms with Gasteiger partial charge < -0.3 is 14.7 Å². The molecule has 0 spiro atoms. The number of hydrogen-bond acceptors (Lipinski definition) is 3. The van der Waals surface area contributed by atoms with Gasteiger partial charge in [-0.1, -0.05) is 23.7 Å². The molecule has 2 fully saturated rings. The highest BCUT2D eigenvalue weighted by Gasteiger charge is 2.41. The molecule has 2 saturated heterocycles. The fourth-order valence-corrected chi connectivity index (χ4v) is 4.22. The Balaban J connectivity index is 1.49. The lowest BCUT2D eigenvalue weighted by Crippen LogP contribution is -2.59. The number of nitrogens with zero attached hydrogens (tertiary/aromatic N) is 3. The van der Waals surface area contributed by atoms with Gasteiger partial charge in [0.15, 0.2) is 0 Å². The van der Waals surface area contributed by atoms with Gasteiger partial charge in [-0.2, -0.15) is 0 Å². The van der Waals surface area contributed by atoms with Crippen LogP contribution < -0.4 is 0 Å². The number of benzene rings is 2. The van der Waals surface area contributed by atoms with Gasteiger partial charge in [0, 0.05) is 31.2 Å². The van der Waals surface area contributed by atoms with Crippen LogP contribution in [0.1, 0.15) is 22.3 Å². The molecule has 0 saturated carbocycles. The van der Waals surface area contributed by atoms with Crippen molar-refractivity contribution in [2.75, 3.05) is 26.2 Å². The number of rotatable bonds is 3. The second-order valence-electron chi connectivity index (χ2n) is 7.63. The summed E-state index contributed by atoms with van der Waals surface area (Å²) in [5.74, 6) is -2.09. The lowest BCUT2D eigenvalue weighted by Gasteiger charge is -2.39. The van der Waals surface area contributed by atoms with Crippen LogP contribution in [0.25, 0.3) is 0 Å². The van der Waals surface area contributed by atoms with Crippen LogP contribution in [0, 0.1) is 11.6 Å². The quantitative estimate of drug-likeness (QED) is 0.727. The summed E-state index contributed by atoms with van der Waals surface area (Å²) in [4.78, 5) is 42.9. The first-order chi connectivity index (χ1) is 14.8. The Hall–Kier alpha value is -3.00. The molecule has 2 aliphatic heterocycles. The van der Waals surface area contributed by atoms with Crippen molar-refractivity contribution in [2.45, 2.75) is 19.0 Å². The summed E-state index contributed by atoms with van der Waals surface area (Å²) in [5.41, 5.74) is 0.453. The molecular weight excluding hydrogens is 428 g/mol. The highest BCUT2D eigenvalue weighted by Crippen LogP contribution is 2.23. The Morgan fingerprint density at radius 3 is 2.65 bits per heavy atom. The van der Waals surface area contributed by atoms with E-state index in [9.17, 15) is 23.2 Å². The molecule has 162 valence electrons. The van der Waals surface area contributed by atoms with Crippen LogP contribution in [-0.2, 0) is 16.1 Å². The molecule has 0 radical (unpaired) electrons. The summed E-state index contributed by atoms with van der Waals surface area (Å²) in [5, 5.41) is 0.246. The van der Waals surface area contributed by atoms with E-state index in [2.05, 4.69) is 0 Å². The van der Waals surface area contributed by atoms with Crippen LogP contribution in [0.5, 0.6) is 0 Å². The van der Waals surface area contributed by atoms with E-state index in [0.29, 0.717) is 5.56 Å². The third-order valence-corrected chi connectivity index (χ3v) is 5.85. The number of carbonyl (C=O) groups is 3. The highest BCUT2D eigenvalue weighted by atomic mass is 35.5. The molecule has 3 amide bonds. The molecule has 4 rings (SSSR count). The monoisotopic (exact) mass is 447 g/mol. The maximum Gasteiger partial charge on any atom is 0.256 e. The molecule has 6 nitrogen and oxygen atoms in total. The molecule has 2 aromatic rings. The summed E-state index contributed by atoms with van der Waals surface area (Å²) in [6, 6.07) is 8.95. The zero-order chi connectivity index (χ0) is 22.1. The number of halogens is 3. The summed E-state index contributed by atoms with van der Waals surface area (Å²) < 4.78 is 27.6. The van der Waals surface area contributed by atoms with E-state index in [1.807, 2.05) is 0 Å². The zero-order valence-electron chi connectivity index (χ0n) is 16.6. The predicted octanol–water partition coefficient (Wildman–Crippen LogP) is 2.70. The van der Waals surface area contributed by atoms with Crippen LogP contribution in [-0.4, -0.2) is 64.6 Å². The van der Waals surface area contributed by atoms with Crippen molar-refractivity contribution in [3.63, 3.8) is 0 Å². The maximum absolute atomic E-state index is 14.1. The summed E-state index contributed by atoms with van der Waals surface area (Å²) in [6.45, 7) is 0.575. The Bertz CT molecular complexity index is 1050. The largest absolute Gasteiger partial charge is 0.337 e. The van der Waals surface area contributed by atoms with Gasteiger partial charge in [-0.15, -0.1) is 0 Å². The molecule has 1 unspecified atom stereocenters. The fourth-order valence-electron chi connectivity index (χ4n) is 4.05. The van der Waals surface area contributed by atoms with Gasteiger partial charge in [0.2, 0.25) is 11.8 Å². The third-order valence-electron chi connectivity index (χ3n) is 5.61. The number of amides is 3. The minimum Gasteiger partial charge on any atom is -0.337 e. The molecule has 0 bridgehead atoms. The maximum atomic E-state index is 14.1. The van der Waals surface area contributed by atoms with Crippen LogP contribution in [0.4, 0.5) is 8.78 Å². The third kappa shape index (κ3) is 4.39. The van der Waals surface area contributed by atoms with Crippen molar-refractivity contribution in [1.29, 1.82) is 0 Å². The molecule has 0 aliphatic carbocycles. The van der Waals surface area contributed by atoms with Crippen molar-refractivity contribution >= 4 is 29.3 Å². The average Bonchev–Trinajstić information content (AvgIpc) is 2.97. The molecule has 2 aliphatic rings. The van der Waals surface area contributed by atoms with E-state index in [1.54, 1.807) is 12.1 Å². The van der Waals surface area contributed by atoms with E-state index >= 15 is 0 Å². The average molecular weight is 448 g/mol. The second-order valence-corrected chi connectivity index (χ2v) is 8.07. The summed E-state index contributed by atoms with van der Waals surface area (Å²) in [7, 11) is 0. The van der Waals surface area contributed by atoms with Gasteiger partial charge in [0.05, 0.1) is 5.56 Å². The molecule has 0 N–H and O–H groups in total. The molecular formula is C22H20ClF2N3O3. The first-order valence-electron chi connectivity index (χ1n) is 9.90. The Kier molecular flexibility index (Phi) is 5.91. The van der Waals surface area contributed by atoms with Crippen molar-refractivity contribution in [3.05, 3.63) is 70.2 Å². The van der Waals surface area contributed by atoms with Gasteiger partial charge in [0.1, 0.15) is 24.2 Å². The lowest BCUT2D eigenvalue weighted by molar-refractivity contribution is -0.156. The standard InChI is InChI=1S/C22H20ClF2N3O3/c23-15-4-5-18(25)17(11-15)21(30)26-7-6-19-22(31)27(13-20(29)28(19)9-8-26)12-14-2-1-3-16(24)10-14/h1-5,10-11,19H,6-9,12-13H2. The number of fused-ring (bicyclic) bond motifs is 1. The minimum absolute atomic E-state index is 0.108. The normalized spacial score (nSPS) is 19.3. The minimum atomic E-state index is -0.711. The molecule has 31 heavy (non-hydrogen) atoms. The smallest absolute Gasteiger partial charge is 0.256 e. The molecule has 0 aromatic heterocycles. The van der Waals surface area contributed by atoms with Crippen LogP contribution in [0.15, 0.2) is 42.5 Å². The first kappa shape index (κ1) is 21.2. The zero-order valence-corrected chi connectivity index (χ0v) is 17.3. The van der Waals surface area contributed by atoms with E-state index in [4.69, 9.17) is 11.6 Å². The van der Waals surface area contributed by atoms with E-state index in [1.165, 1.54) is 39.0 Å². The number of piperazine rings is 1. The summed E-state index contributed by atoms with van der Waals surface area (Å²) >= 11 is 5.90. The SMILES string of the molecule is O=C(c1cc(Cl)ccc1F)N1CCC2C(=O)N(Cc3cccc(F)c3)CC(=O)N2CC1. The molecule has 2 aromatic carbocycles. The van der Waals surface area contributed by atoms with E-state index < -0.39 is 23.6 Å². The highest BCUT2D eigenvalue weighted by molar-refractivity contribution is 6.31.